The number of hydrogen-bond donors (Lipinski definition) is 2. The molecule has 0 radical (unpaired) electrons. The van der Waals surface area contributed by atoms with Gasteiger partial charge in [0, 0.05) is 48.8 Å². The summed E-state index contributed by atoms with van der Waals surface area (Å²) in [5.41, 5.74) is 1.57. The number of amides is 3. The molecule has 1 fully saturated rings. The molecule has 2 aliphatic heterocycles. The van der Waals surface area contributed by atoms with E-state index in [0.29, 0.717) is 31.1 Å². The average molecular weight is 467 g/mol. The van der Waals surface area contributed by atoms with Gasteiger partial charge in [0.15, 0.2) is 10.7 Å². The Balaban J connectivity index is 1.31. The van der Waals surface area contributed by atoms with Crippen molar-refractivity contribution in [3.05, 3.63) is 64.2 Å². The van der Waals surface area contributed by atoms with Gasteiger partial charge in [0.05, 0.1) is 12.8 Å². The molecule has 2 aromatic heterocycles. The molecule has 2 atom stereocenters. The Morgan fingerprint density at radius 2 is 1.94 bits per heavy atom. The third-order valence-corrected chi connectivity index (χ3v) is 6.68. The minimum Gasteiger partial charge on any atom is -0.495 e. The first-order valence-corrected chi connectivity index (χ1v) is 11.3. The Bertz CT molecular complexity index is 1270. The van der Waals surface area contributed by atoms with Gasteiger partial charge in [0.2, 0.25) is 0 Å². The van der Waals surface area contributed by atoms with Gasteiger partial charge in [-0.25, -0.2) is 4.79 Å². The Morgan fingerprint density at radius 3 is 2.79 bits per heavy atom. The van der Waals surface area contributed by atoms with Crippen molar-refractivity contribution in [2.45, 2.75) is 18.9 Å². The van der Waals surface area contributed by atoms with Gasteiger partial charge in [-0.2, -0.15) is 0 Å². The van der Waals surface area contributed by atoms with Gasteiger partial charge in [-0.05, 0) is 30.5 Å². The molecule has 33 heavy (non-hydrogen) atoms. The molecule has 1 saturated heterocycles. The fourth-order valence-electron chi connectivity index (χ4n) is 4.63. The molecule has 2 bridgehead atoms. The van der Waals surface area contributed by atoms with E-state index in [1.54, 1.807) is 41.3 Å². The van der Waals surface area contributed by atoms with Crippen LogP contribution >= 0.6 is 11.5 Å². The number of anilines is 2. The van der Waals surface area contributed by atoms with Crippen LogP contribution in [0.15, 0.2) is 47.3 Å². The van der Waals surface area contributed by atoms with Crippen LogP contribution in [0.3, 0.4) is 0 Å². The molecule has 3 aromatic rings. The Kier molecular flexibility index (Phi) is 5.55. The molecule has 4 heterocycles. The van der Waals surface area contributed by atoms with E-state index >= 15 is 0 Å². The number of pyridine rings is 1. The summed E-state index contributed by atoms with van der Waals surface area (Å²) in [6, 6.07) is 11.8. The lowest BCUT2D eigenvalue weighted by Gasteiger charge is -2.42. The Morgan fingerprint density at radius 1 is 1.09 bits per heavy atom. The number of rotatable bonds is 4. The highest BCUT2D eigenvalue weighted by molar-refractivity contribution is 7.10. The van der Waals surface area contributed by atoms with Crippen LogP contribution in [-0.2, 0) is 6.54 Å². The first-order chi connectivity index (χ1) is 16.0. The normalized spacial score (nSPS) is 18.9. The highest BCUT2D eigenvalue weighted by Crippen LogP contribution is 2.36. The maximum atomic E-state index is 13.3. The number of piperidine rings is 1. The number of nitrogens with zero attached hydrogens (tertiary/aromatic N) is 4. The van der Waals surface area contributed by atoms with Crippen LogP contribution < -0.4 is 20.9 Å². The molecule has 11 heteroatoms. The number of para-hydroxylation sites is 2. The van der Waals surface area contributed by atoms with Crippen LogP contribution in [-0.4, -0.2) is 51.2 Å². The summed E-state index contributed by atoms with van der Waals surface area (Å²) >= 11 is 0.945. The molecule has 0 unspecified atom stereocenters. The minimum absolute atomic E-state index is 0.00165. The lowest BCUT2D eigenvalue weighted by Crippen LogP contribution is -2.49. The summed E-state index contributed by atoms with van der Waals surface area (Å²) in [5, 5.41) is 9.66. The summed E-state index contributed by atoms with van der Waals surface area (Å²) in [6.07, 6.45) is 0.939. The largest absolute Gasteiger partial charge is 0.495 e. The summed E-state index contributed by atoms with van der Waals surface area (Å²) in [4.78, 5) is 39.8. The predicted molar refractivity (Wildman–Crippen MR) is 123 cm³/mol. The number of hydrogen-bond acceptors (Lipinski definition) is 7. The molecule has 2 N–H and O–H groups in total. The monoisotopic (exact) mass is 466 g/mol. The van der Waals surface area contributed by atoms with E-state index in [1.165, 1.54) is 7.11 Å². The molecule has 0 spiro atoms. The van der Waals surface area contributed by atoms with Crippen molar-refractivity contribution in [1.82, 2.24) is 19.1 Å². The smallest absolute Gasteiger partial charge is 0.324 e. The molecule has 1 aromatic carbocycles. The standard InChI is InChI=1S/C22H22N6O4S/c1-32-17-7-3-2-5-15(17)23-22(31)24-20-19(25-26-33-20)21(30)27-10-13-9-14(12-27)16-6-4-8-18(29)28(16)11-13/h2-8,13-14H,9-12H2,1H3,(H2,23,24,31)/t13-,14-/m1/s1. The third-order valence-electron chi connectivity index (χ3n) is 6.04. The van der Waals surface area contributed by atoms with E-state index in [2.05, 4.69) is 20.2 Å². The molecule has 170 valence electrons. The fourth-order valence-corrected chi connectivity index (χ4v) is 5.19. The van der Waals surface area contributed by atoms with Gasteiger partial charge >= 0.3 is 6.03 Å². The quantitative estimate of drug-likeness (QED) is 0.610. The number of carbonyl (C=O) groups is 2. The second kappa shape index (κ2) is 8.66. The number of nitrogens with one attached hydrogen (secondary N) is 2. The number of likely N-dealkylation sites (tertiary alicyclic amines) is 1. The number of benzene rings is 1. The van der Waals surface area contributed by atoms with Crippen molar-refractivity contribution >= 4 is 34.2 Å². The van der Waals surface area contributed by atoms with E-state index in [1.807, 2.05) is 10.6 Å². The van der Waals surface area contributed by atoms with E-state index in [4.69, 9.17) is 4.74 Å². The van der Waals surface area contributed by atoms with Crippen molar-refractivity contribution < 1.29 is 14.3 Å². The van der Waals surface area contributed by atoms with Crippen molar-refractivity contribution in [3.8, 4) is 5.75 Å². The van der Waals surface area contributed by atoms with Crippen LogP contribution in [0, 0.1) is 5.92 Å². The SMILES string of the molecule is COc1ccccc1NC(=O)Nc1snnc1C(=O)N1C[C@H]2C[C@H](C1)c1cccc(=O)n1C2. The number of fused-ring (bicyclic) bond motifs is 4. The first kappa shape index (κ1) is 21.1. The first-order valence-electron chi connectivity index (χ1n) is 10.6. The number of methoxy groups -OCH3 is 1. The topological polar surface area (TPSA) is 118 Å². The number of aromatic nitrogens is 3. The van der Waals surface area contributed by atoms with Crippen molar-refractivity contribution in [2.24, 2.45) is 5.92 Å². The van der Waals surface area contributed by atoms with E-state index in [9.17, 15) is 14.4 Å². The van der Waals surface area contributed by atoms with E-state index < -0.39 is 6.03 Å². The number of carbonyl (C=O) groups excluding carboxylic acids is 2. The second-order valence-corrected chi connectivity index (χ2v) is 8.89. The van der Waals surface area contributed by atoms with E-state index in [-0.39, 0.29) is 34.0 Å². The maximum Gasteiger partial charge on any atom is 0.324 e. The lowest BCUT2D eigenvalue weighted by atomic mass is 9.83. The second-order valence-electron chi connectivity index (χ2n) is 8.14. The zero-order chi connectivity index (χ0) is 22.9. The van der Waals surface area contributed by atoms with Crippen LogP contribution in [0.1, 0.15) is 28.5 Å². The van der Waals surface area contributed by atoms with Gasteiger partial charge in [0.25, 0.3) is 11.5 Å². The van der Waals surface area contributed by atoms with Crippen LogP contribution in [0.2, 0.25) is 0 Å². The molecule has 5 rings (SSSR count). The Hall–Kier alpha value is -3.73. The highest BCUT2D eigenvalue weighted by Gasteiger charge is 2.37. The maximum absolute atomic E-state index is 13.3. The Labute approximate surface area is 193 Å². The third kappa shape index (κ3) is 4.07. The average Bonchev–Trinajstić information content (AvgIpc) is 3.27. The van der Waals surface area contributed by atoms with Gasteiger partial charge in [-0.1, -0.05) is 22.7 Å². The van der Waals surface area contributed by atoms with Gasteiger partial charge in [0.1, 0.15) is 5.75 Å². The van der Waals surface area contributed by atoms with Crippen molar-refractivity contribution in [1.29, 1.82) is 0 Å². The highest BCUT2D eigenvalue weighted by atomic mass is 32.1. The van der Waals surface area contributed by atoms with Crippen molar-refractivity contribution in [3.63, 3.8) is 0 Å². The molecule has 0 saturated carbocycles. The predicted octanol–water partition coefficient (Wildman–Crippen LogP) is 2.61. The molecular formula is C22H22N6O4S. The van der Waals surface area contributed by atoms with Crippen LogP contribution in [0.5, 0.6) is 5.75 Å². The van der Waals surface area contributed by atoms with Gasteiger partial charge < -0.3 is 19.5 Å². The molecule has 0 aliphatic carbocycles. The molecular weight excluding hydrogens is 444 g/mol. The van der Waals surface area contributed by atoms with Crippen LogP contribution in [0.25, 0.3) is 0 Å². The van der Waals surface area contributed by atoms with Gasteiger partial charge in [-0.15, -0.1) is 5.10 Å². The van der Waals surface area contributed by atoms with Crippen LogP contribution in [0.4, 0.5) is 15.5 Å². The summed E-state index contributed by atoms with van der Waals surface area (Å²) in [6.45, 7) is 1.61. The summed E-state index contributed by atoms with van der Waals surface area (Å²) in [5.74, 6) is 0.521. The summed E-state index contributed by atoms with van der Waals surface area (Å²) in [7, 11) is 1.52. The van der Waals surface area contributed by atoms with Gasteiger partial charge in [-0.3, -0.25) is 14.9 Å². The lowest BCUT2D eigenvalue weighted by molar-refractivity contribution is 0.0590. The molecule has 10 nitrogen and oxygen atoms in total. The number of urea groups is 1. The minimum atomic E-state index is -0.525. The zero-order valence-corrected chi connectivity index (χ0v) is 18.7. The molecule has 3 amide bonds. The zero-order valence-electron chi connectivity index (χ0n) is 17.9. The van der Waals surface area contributed by atoms with E-state index in [0.717, 1.165) is 23.6 Å². The number of ether oxygens (including phenoxy) is 1. The fraction of sp³-hybridized carbons (Fsp3) is 0.318. The van der Waals surface area contributed by atoms with Crippen molar-refractivity contribution in [2.75, 3.05) is 30.8 Å². The summed E-state index contributed by atoms with van der Waals surface area (Å²) < 4.78 is 10.9. The molecule has 2 aliphatic rings.